The zero-order chi connectivity index (χ0) is 22.8. The summed E-state index contributed by atoms with van der Waals surface area (Å²) >= 11 is 0. The molecule has 1 aliphatic carbocycles. The van der Waals surface area contributed by atoms with Gasteiger partial charge in [0.1, 0.15) is 11.6 Å². The Morgan fingerprint density at radius 1 is 1.06 bits per heavy atom. The largest absolute Gasteiger partial charge is 0.497 e. The summed E-state index contributed by atoms with van der Waals surface area (Å²) in [4.78, 5) is 13.5. The zero-order valence-corrected chi connectivity index (χ0v) is 19.0. The van der Waals surface area contributed by atoms with Gasteiger partial charge in [-0.2, -0.15) is 4.31 Å². The first-order chi connectivity index (χ1) is 15.3. The van der Waals surface area contributed by atoms with Crippen LogP contribution in [0.2, 0.25) is 0 Å². The SMILES string of the molecule is COc1ccc(S(=O)(=O)N2CCCC(C(=O)NC3(c4ccc(F)cc4)CCCC3)C2)cc1. The summed E-state index contributed by atoms with van der Waals surface area (Å²) in [5, 5.41) is 3.23. The van der Waals surface area contributed by atoms with Gasteiger partial charge in [0.25, 0.3) is 0 Å². The number of rotatable bonds is 6. The van der Waals surface area contributed by atoms with E-state index in [1.807, 2.05) is 0 Å². The van der Waals surface area contributed by atoms with Crippen LogP contribution in [-0.2, 0) is 20.4 Å². The number of hydrogen-bond donors (Lipinski definition) is 1. The topological polar surface area (TPSA) is 75.7 Å². The van der Waals surface area contributed by atoms with Gasteiger partial charge in [-0.1, -0.05) is 25.0 Å². The van der Waals surface area contributed by atoms with E-state index < -0.39 is 21.5 Å². The van der Waals surface area contributed by atoms with Crippen LogP contribution in [0.3, 0.4) is 0 Å². The lowest BCUT2D eigenvalue weighted by Crippen LogP contribution is -2.50. The van der Waals surface area contributed by atoms with E-state index in [-0.39, 0.29) is 23.2 Å². The monoisotopic (exact) mass is 460 g/mol. The maximum Gasteiger partial charge on any atom is 0.243 e. The standard InChI is InChI=1S/C24H29FN2O4S/c1-31-21-10-12-22(13-11-21)32(29,30)27-16-4-5-18(17-27)23(28)26-24(14-2-3-15-24)19-6-8-20(25)9-7-19/h6-13,18H,2-5,14-17H2,1H3,(H,26,28). The summed E-state index contributed by atoms with van der Waals surface area (Å²) in [5.74, 6) is -0.275. The van der Waals surface area contributed by atoms with Crippen LogP contribution >= 0.6 is 0 Å². The normalized spacial score (nSPS) is 21.2. The van der Waals surface area contributed by atoms with E-state index in [9.17, 15) is 17.6 Å². The maximum absolute atomic E-state index is 13.4. The van der Waals surface area contributed by atoms with E-state index in [4.69, 9.17) is 4.74 Å². The van der Waals surface area contributed by atoms with Crippen LogP contribution in [0.5, 0.6) is 5.75 Å². The minimum Gasteiger partial charge on any atom is -0.497 e. The lowest BCUT2D eigenvalue weighted by atomic mass is 9.86. The van der Waals surface area contributed by atoms with Crippen LogP contribution in [0.4, 0.5) is 4.39 Å². The number of halogens is 1. The number of amides is 1. The van der Waals surface area contributed by atoms with Gasteiger partial charge < -0.3 is 10.1 Å². The molecule has 0 bridgehead atoms. The number of carbonyl (C=O) groups excluding carboxylic acids is 1. The molecule has 2 aromatic carbocycles. The molecule has 1 saturated carbocycles. The van der Waals surface area contributed by atoms with Crippen LogP contribution in [0.1, 0.15) is 44.1 Å². The molecule has 0 aromatic heterocycles. The molecular formula is C24H29FN2O4S. The van der Waals surface area contributed by atoms with Crippen LogP contribution in [0.25, 0.3) is 0 Å². The second-order valence-corrected chi connectivity index (χ2v) is 10.6. The predicted molar refractivity (Wildman–Crippen MR) is 119 cm³/mol. The molecule has 2 aliphatic rings. The van der Waals surface area contributed by atoms with E-state index in [1.165, 1.54) is 35.7 Å². The highest BCUT2D eigenvalue weighted by molar-refractivity contribution is 7.89. The first-order valence-corrected chi connectivity index (χ1v) is 12.5. The van der Waals surface area contributed by atoms with E-state index in [2.05, 4.69) is 5.32 Å². The van der Waals surface area contributed by atoms with Gasteiger partial charge in [-0.3, -0.25) is 4.79 Å². The van der Waals surface area contributed by atoms with Gasteiger partial charge in [0.2, 0.25) is 15.9 Å². The van der Waals surface area contributed by atoms with Gasteiger partial charge in [-0.25, -0.2) is 12.8 Å². The van der Waals surface area contributed by atoms with Crippen molar-refractivity contribution in [2.45, 2.75) is 49.0 Å². The smallest absolute Gasteiger partial charge is 0.243 e. The molecule has 172 valence electrons. The van der Waals surface area contributed by atoms with Crippen molar-refractivity contribution < 1.29 is 22.3 Å². The van der Waals surface area contributed by atoms with Crippen LogP contribution < -0.4 is 10.1 Å². The number of methoxy groups -OCH3 is 1. The molecule has 1 unspecified atom stereocenters. The molecular weight excluding hydrogens is 431 g/mol. The van der Waals surface area contributed by atoms with Crippen LogP contribution in [0.15, 0.2) is 53.4 Å². The molecule has 1 N–H and O–H groups in total. The Balaban J connectivity index is 1.49. The Bertz CT molecular complexity index is 1050. The third kappa shape index (κ3) is 4.52. The lowest BCUT2D eigenvalue weighted by molar-refractivity contribution is -0.128. The van der Waals surface area contributed by atoms with Gasteiger partial charge in [-0.15, -0.1) is 0 Å². The van der Waals surface area contributed by atoms with E-state index >= 15 is 0 Å². The summed E-state index contributed by atoms with van der Waals surface area (Å²) in [6.45, 7) is 0.543. The quantitative estimate of drug-likeness (QED) is 0.711. The highest BCUT2D eigenvalue weighted by Crippen LogP contribution is 2.39. The summed E-state index contributed by atoms with van der Waals surface area (Å²) in [6.07, 6.45) is 4.83. The number of ether oxygens (including phenoxy) is 1. The fourth-order valence-electron chi connectivity index (χ4n) is 4.84. The Kier molecular flexibility index (Phi) is 6.53. The molecule has 6 nitrogen and oxygen atoms in total. The van der Waals surface area contributed by atoms with Gasteiger partial charge in [0.15, 0.2) is 0 Å². The van der Waals surface area contributed by atoms with Crippen LogP contribution in [-0.4, -0.2) is 38.8 Å². The second kappa shape index (κ2) is 9.19. The Morgan fingerprint density at radius 2 is 1.72 bits per heavy atom. The van der Waals surface area contributed by atoms with Crippen molar-refractivity contribution in [3.63, 3.8) is 0 Å². The third-order valence-corrected chi connectivity index (χ3v) is 8.55. The molecule has 1 saturated heterocycles. The van der Waals surface area contributed by atoms with Gasteiger partial charge >= 0.3 is 0 Å². The lowest BCUT2D eigenvalue weighted by Gasteiger charge is -2.36. The number of piperidine rings is 1. The van der Waals surface area contributed by atoms with Crippen molar-refractivity contribution in [3.8, 4) is 5.75 Å². The van der Waals surface area contributed by atoms with Crippen LogP contribution in [0, 0.1) is 11.7 Å². The average Bonchev–Trinajstić information content (AvgIpc) is 3.29. The summed E-state index contributed by atoms with van der Waals surface area (Å²) in [6, 6.07) is 12.6. The van der Waals surface area contributed by atoms with Gasteiger partial charge in [0.05, 0.1) is 23.5 Å². The highest BCUT2D eigenvalue weighted by Gasteiger charge is 2.40. The first kappa shape index (κ1) is 22.7. The molecule has 1 atom stereocenters. The molecule has 0 radical (unpaired) electrons. The molecule has 4 rings (SSSR count). The van der Waals surface area contributed by atoms with E-state index in [0.717, 1.165) is 31.2 Å². The average molecular weight is 461 g/mol. The molecule has 32 heavy (non-hydrogen) atoms. The van der Waals surface area contributed by atoms with E-state index in [0.29, 0.717) is 25.1 Å². The highest BCUT2D eigenvalue weighted by atomic mass is 32.2. The maximum atomic E-state index is 13.4. The summed E-state index contributed by atoms with van der Waals surface area (Å²) < 4.78 is 46.2. The number of benzene rings is 2. The van der Waals surface area contributed by atoms with Gasteiger partial charge in [-0.05, 0) is 67.6 Å². The molecule has 1 aliphatic heterocycles. The summed E-state index contributed by atoms with van der Waals surface area (Å²) in [5.41, 5.74) is 0.394. The Morgan fingerprint density at radius 3 is 2.34 bits per heavy atom. The predicted octanol–water partition coefficient (Wildman–Crippen LogP) is 3.82. The van der Waals surface area contributed by atoms with Crippen molar-refractivity contribution in [2.24, 2.45) is 5.92 Å². The molecule has 1 amide bonds. The number of sulfonamides is 1. The molecule has 8 heteroatoms. The fourth-order valence-corrected chi connectivity index (χ4v) is 6.37. The minimum atomic E-state index is -3.70. The van der Waals surface area contributed by atoms with Crippen molar-refractivity contribution in [3.05, 3.63) is 59.9 Å². The Labute approximate surface area is 188 Å². The zero-order valence-electron chi connectivity index (χ0n) is 18.2. The fraction of sp³-hybridized carbons (Fsp3) is 0.458. The van der Waals surface area contributed by atoms with Crippen molar-refractivity contribution in [1.82, 2.24) is 9.62 Å². The van der Waals surface area contributed by atoms with E-state index in [1.54, 1.807) is 24.3 Å². The number of nitrogens with zero attached hydrogens (tertiary/aromatic N) is 1. The second-order valence-electron chi connectivity index (χ2n) is 8.66. The van der Waals surface area contributed by atoms with Crippen molar-refractivity contribution >= 4 is 15.9 Å². The number of nitrogens with one attached hydrogen (secondary N) is 1. The number of carbonyl (C=O) groups is 1. The van der Waals surface area contributed by atoms with Crippen molar-refractivity contribution in [1.29, 1.82) is 0 Å². The molecule has 1 heterocycles. The number of hydrogen-bond acceptors (Lipinski definition) is 4. The third-order valence-electron chi connectivity index (χ3n) is 6.67. The first-order valence-electron chi connectivity index (χ1n) is 11.1. The summed E-state index contributed by atoms with van der Waals surface area (Å²) in [7, 11) is -2.17. The molecule has 2 fully saturated rings. The van der Waals surface area contributed by atoms with Crippen molar-refractivity contribution in [2.75, 3.05) is 20.2 Å². The Hall–Kier alpha value is -2.45. The molecule has 2 aromatic rings. The van der Waals surface area contributed by atoms with Gasteiger partial charge in [0, 0.05) is 13.1 Å². The molecule has 0 spiro atoms. The minimum absolute atomic E-state index is 0.133.